The van der Waals surface area contributed by atoms with E-state index in [0.717, 1.165) is 45.3 Å². The second-order valence-corrected chi connectivity index (χ2v) is 6.75. The van der Waals surface area contributed by atoms with Crippen LogP contribution in [0, 0.1) is 11.8 Å². The first-order valence-electron chi connectivity index (χ1n) is 8.53. The molecule has 24 heavy (non-hydrogen) atoms. The monoisotopic (exact) mass is 373 g/mol. The lowest BCUT2D eigenvalue weighted by Gasteiger charge is -2.21. The molecule has 4 nitrogen and oxygen atoms in total. The summed E-state index contributed by atoms with van der Waals surface area (Å²) >= 11 is 0. The van der Waals surface area contributed by atoms with Crippen molar-refractivity contribution in [1.29, 1.82) is 0 Å². The van der Waals surface area contributed by atoms with Crippen LogP contribution in [0.15, 0.2) is 30.3 Å². The maximum atomic E-state index is 12.5. The average Bonchev–Trinajstić information content (AvgIpc) is 3.17. The number of benzene rings is 1. The lowest BCUT2D eigenvalue weighted by Crippen LogP contribution is -2.42. The standard InChI is InChI=1S/C18H27N3O.2ClH/c19-11-15-7-4-8-17(15)18(22)20-16-9-10-21(13-16)12-14-5-2-1-3-6-14;;/h1-3,5-6,15-17H,4,7-13,19H2,(H,20,22);2*1H/t15-,16?,17-;;/m1../s1. The van der Waals surface area contributed by atoms with Crippen molar-refractivity contribution in [3.8, 4) is 0 Å². The average molecular weight is 374 g/mol. The maximum absolute atomic E-state index is 12.5. The molecular weight excluding hydrogens is 345 g/mol. The summed E-state index contributed by atoms with van der Waals surface area (Å²) in [7, 11) is 0. The van der Waals surface area contributed by atoms with Gasteiger partial charge in [0.05, 0.1) is 0 Å². The van der Waals surface area contributed by atoms with Gasteiger partial charge >= 0.3 is 0 Å². The van der Waals surface area contributed by atoms with E-state index >= 15 is 0 Å². The van der Waals surface area contributed by atoms with Gasteiger partial charge in [-0.2, -0.15) is 0 Å². The molecule has 1 unspecified atom stereocenters. The molecule has 0 bridgehead atoms. The van der Waals surface area contributed by atoms with Gasteiger partial charge in [0.2, 0.25) is 5.91 Å². The zero-order valence-corrected chi connectivity index (χ0v) is 15.7. The molecule has 136 valence electrons. The summed E-state index contributed by atoms with van der Waals surface area (Å²) in [4.78, 5) is 14.9. The van der Waals surface area contributed by atoms with Gasteiger partial charge in [-0.25, -0.2) is 0 Å². The van der Waals surface area contributed by atoms with Crippen LogP contribution in [0.1, 0.15) is 31.2 Å². The van der Waals surface area contributed by atoms with E-state index in [2.05, 4.69) is 34.5 Å². The van der Waals surface area contributed by atoms with Crippen molar-refractivity contribution < 1.29 is 4.79 Å². The fourth-order valence-corrected chi connectivity index (χ4v) is 3.91. The molecule has 1 aromatic carbocycles. The summed E-state index contributed by atoms with van der Waals surface area (Å²) in [6.07, 6.45) is 4.32. The number of carbonyl (C=O) groups excluding carboxylic acids is 1. The van der Waals surface area contributed by atoms with E-state index in [1.54, 1.807) is 0 Å². The molecule has 1 aromatic rings. The topological polar surface area (TPSA) is 58.4 Å². The van der Waals surface area contributed by atoms with Gasteiger partial charge in [-0.05, 0) is 37.3 Å². The van der Waals surface area contributed by atoms with Gasteiger partial charge in [0.25, 0.3) is 0 Å². The molecule has 2 fully saturated rings. The zero-order valence-electron chi connectivity index (χ0n) is 14.0. The molecule has 0 spiro atoms. The summed E-state index contributed by atoms with van der Waals surface area (Å²) in [5.74, 6) is 0.773. The Morgan fingerprint density at radius 1 is 1.17 bits per heavy atom. The molecule has 1 aliphatic heterocycles. The quantitative estimate of drug-likeness (QED) is 0.833. The van der Waals surface area contributed by atoms with Crippen molar-refractivity contribution in [2.75, 3.05) is 19.6 Å². The molecule has 1 amide bonds. The van der Waals surface area contributed by atoms with E-state index in [0.29, 0.717) is 18.5 Å². The molecule has 0 aromatic heterocycles. The van der Waals surface area contributed by atoms with E-state index in [1.807, 2.05) is 6.07 Å². The van der Waals surface area contributed by atoms with Crippen LogP contribution in [0.25, 0.3) is 0 Å². The Hall–Kier alpha value is -0.810. The summed E-state index contributed by atoms with van der Waals surface area (Å²) in [6, 6.07) is 10.8. The summed E-state index contributed by atoms with van der Waals surface area (Å²) < 4.78 is 0. The molecule has 1 saturated heterocycles. The highest BCUT2D eigenvalue weighted by Crippen LogP contribution is 2.31. The van der Waals surface area contributed by atoms with Crippen molar-refractivity contribution >= 4 is 30.7 Å². The lowest BCUT2D eigenvalue weighted by molar-refractivity contribution is -0.126. The van der Waals surface area contributed by atoms with Crippen LogP contribution in [-0.4, -0.2) is 36.5 Å². The lowest BCUT2D eigenvalue weighted by atomic mass is 9.95. The first-order chi connectivity index (χ1) is 10.8. The fraction of sp³-hybridized carbons (Fsp3) is 0.611. The predicted molar refractivity (Wildman–Crippen MR) is 103 cm³/mol. The third-order valence-corrected chi connectivity index (χ3v) is 5.17. The van der Waals surface area contributed by atoms with Crippen LogP contribution in [0.2, 0.25) is 0 Å². The zero-order chi connectivity index (χ0) is 15.4. The Balaban J connectivity index is 0.00000144. The number of likely N-dealkylation sites (tertiary alicyclic amines) is 1. The van der Waals surface area contributed by atoms with Crippen molar-refractivity contribution in [1.82, 2.24) is 10.2 Å². The molecular formula is C18H29Cl2N3O. The molecule has 1 aliphatic carbocycles. The van der Waals surface area contributed by atoms with Crippen LogP contribution in [0.4, 0.5) is 0 Å². The number of nitrogens with two attached hydrogens (primary N) is 1. The molecule has 3 N–H and O–H groups in total. The van der Waals surface area contributed by atoms with Gasteiger partial charge in [-0.3, -0.25) is 9.69 Å². The van der Waals surface area contributed by atoms with E-state index in [-0.39, 0.29) is 36.6 Å². The van der Waals surface area contributed by atoms with Gasteiger partial charge in [0.1, 0.15) is 0 Å². The predicted octanol–water partition coefficient (Wildman–Crippen LogP) is 2.60. The molecule has 1 heterocycles. The number of hydrogen-bond donors (Lipinski definition) is 2. The Morgan fingerprint density at radius 2 is 1.92 bits per heavy atom. The fourth-order valence-electron chi connectivity index (χ4n) is 3.91. The maximum Gasteiger partial charge on any atom is 0.223 e. The van der Waals surface area contributed by atoms with Gasteiger partial charge in [-0.1, -0.05) is 36.8 Å². The summed E-state index contributed by atoms with van der Waals surface area (Å²) in [5, 5.41) is 3.26. The highest BCUT2D eigenvalue weighted by Gasteiger charge is 2.34. The van der Waals surface area contributed by atoms with Crippen LogP contribution in [0.3, 0.4) is 0 Å². The van der Waals surface area contributed by atoms with Crippen LogP contribution in [-0.2, 0) is 11.3 Å². The third-order valence-electron chi connectivity index (χ3n) is 5.17. The highest BCUT2D eigenvalue weighted by molar-refractivity contribution is 5.85. The van der Waals surface area contributed by atoms with Gasteiger partial charge in [0.15, 0.2) is 0 Å². The van der Waals surface area contributed by atoms with E-state index in [1.165, 1.54) is 5.56 Å². The Labute approximate surface area is 157 Å². The second-order valence-electron chi connectivity index (χ2n) is 6.75. The number of nitrogens with one attached hydrogen (secondary N) is 1. The Morgan fingerprint density at radius 3 is 2.62 bits per heavy atom. The molecule has 0 radical (unpaired) electrons. The molecule has 2 aliphatic rings. The van der Waals surface area contributed by atoms with Crippen LogP contribution < -0.4 is 11.1 Å². The minimum absolute atomic E-state index is 0. The first kappa shape index (κ1) is 21.2. The summed E-state index contributed by atoms with van der Waals surface area (Å²) in [6.45, 7) is 3.64. The number of halogens is 2. The minimum Gasteiger partial charge on any atom is -0.352 e. The van der Waals surface area contributed by atoms with Gasteiger partial charge in [-0.15, -0.1) is 24.8 Å². The molecule has 6 heteroatoms. The number of nitrogens with zero attached hydrogens (tertiary/aromatic N) is 1. The van der Waals surface area contributed by atoms with E-state index in [9.17, 15) is 4.79 Å². The van der Waals surface area contributed by atoms with E-state index in [4.69, 9.17) is 5.73 Å². The Bertz CT molecular complexity index is 500. The van der Waals surface area contributed by atoms with Crippen LogP contribution >= 0.6 is 24.8 Å². The first-order valence-corrected chi connectivity index (χ1v) is 8.53. The number of rotatable bonds is 5. The minimum atomic E-state index is 0. The van der Waals surface area contributed by atoms with E-state index < -0.39 is 0 Å². The molecule has 1 saturated carbocycles. The number of hydrogen-bond acceptors (Lipinski definition) is 3. The normalized spacial score (nSPS) is 26.5. The highest BCUT2D eigenvalue weighted by atomic mass is 35.5. The number of amides is 1. The van der Waals surface area contributed by atoms with Crippen molar-refractivity contribution in [3.63, 3.8) is 0 Å². The smallest absolute Gasteiger partial charge is 0.223 e. The molecule has 3 atom stereocenters. The van der Waals surface area contributed by atoms with Crippen molar-refractivity contribution in [2.45, 2.75) is 38.3 Å². The van der Waals surface area contributed by atoms with Crippen molar-refractivity contribution in [3.05, 3.63) is 35.9 Å². The third kappa shape index (κ3) is 5.35. The number of carbonyl (C=O) groups is 1. The van der Waals surface area contributed by atoms with Gasteiger partial charge < -0.3 is 11.1 Å². The Kier molecular flexibility index (Phi) is 9.06. The molecule has 3 rings (SSSR count). The largest absolute Gasteiger partial charge is 0.352 e. The van der Waals surface area contributed by atoms with Crippen LogP contribution in [0.5, 0.6) is 0 Å². The summed E-state index contributed by atoms with van der Waals surface area (Å²) in [5.41, 5.74) is 7.13. The SMILES string of the molecule is Cl.Cl.NC[C@H]1CCC[C@H]1C(=O)NC1CCN(Cc2ccccc2)C1. The second kappa shape index (κ2) is 10.2. The van der Waals surface area contributed by atoms with Gasteiger partial charge in [0, 0.05) is 31.6 Å². The van der Waals surface area contributed by atoms with Crippen molar-refractivity contribution in [2.24, 2.45) is 17.6 Å².